The van der Waals surface area contributed by atoms with Crippen LogP contribution in [0.1, 0.15) is 67.0 Å². The molecule has 2 aliphatic carbocycles. The van der Waals surface area contributed by atoms with Crippen molar-refractivity contribution in [2.45, 2.75) is 58.3 Å². The Hall–Kier alpha value is -3.95. The molecule has 0 amide bonds. The van der Waals surface area contributed by atoms with Crippen molar-refractivity contribution < 1.29 is 9.72 Å². The number of hydrogen-bond acceptors (Lipinski definition) is 8. The molecule has 2 N–H and O–H groups in total. The van der Waals surface area contributed by atoms with Gasteiger partial charge in [0.25, 0.3) is 5.69 Å². The number of ketones is 1. The zero-order valence-electron chi connectivity index (χ0n) is 20.1. The Morgan fingerprint density at radius 3 is 2.47 bits per heavy atom. The zero-order valence-corrected chi connectivity index (χ0v) is 20.9. The van der Waals surface area contributed by atoms with Crippen LogP contribution in [0.5, 0.6) is 0 Å². The highest BCUT2D eigenvalue weighted by Gasteiger charge is 2.45. The molecular formula is C27H25N5O3S. The van der Waals surface area contributed by atoms with Crippen molar-refractivity contribution in [2.75, 3.05) is 4.90 Å². The maximum atomic E-state index is 13.7. The van der Waals surface area contributed by atoms with Crippen LogP contribution in [0, 0.1) is 38.2 Å². The van der Waals surface area contributed by atoms with Crippen molar-refractivity contribution >= 4 is 27.8 Å². The number of nitrogens with two attached hydrogens (primary N) is 1. The molecule has 0 saturated heterocycles. The summed E-state index contributed by atoms with van der Waals surface area (Å²) < 4.78 is 0. The number of nitro benzene ring substituents is 1. The number of non-ortho nitro benzene ring substituents is 1. The fourth-order valence-electron chi connectivity index (χ4n) is 5.69. The number of thiophene rings is 1. The van der Waals surface area contributed by atoms with E-state index in [4.69, 9.17) is 5.73 Å². The summed E-state index contributed by atoms with van der Waals surface area (Å²) in [4.78, 5) is 27.3. The minimum atomic E-state index is -0.717. The molecule has 9 heteroatoms. The number of anilines is 1. The lowest BCUT2D eigenvalue weighted by molar-refractivity contribution is -0.384. The van der Waals surface area contributed by atoms with E-state index < -0.39 is 10.8 Å². The number of aryl methyl sites for hydroxylation is 1. The van der Waals surface area contributed by atoms with Gasteiger partial charge in [-0.05, 0) is 48.6 Å². The Morgan fingerprint density at radius 2 is 1.83 bits per heavy atom. The van der Waals surface area contributed by atoms with Gasteiger partial charge in [0.2, 0.25) is 0 Å². The number of benzene rings is 1. The molecule has 0 fully saturated rings. The lowest BCUT2D eigenvalue weighted by atomic mass is 9.68. The van der Waals surface area contributed by atoms with Gasteiger partial charge in [0, 0.05) is 34.7 Å². The van der Waals surface area contributed by atoms with E-state index in [0.717, 1.165) is 31.2 Å². The van der Waals surface area contributed by atoms with E-state index in [1.165, 1.54) is 28.3 Å². The van der Waals surface area contributed by atoms with Crippen molar-refractivity contribution in [2.24, 2.45) is 11.1 Å². The number of Topliss-reactive ketones (excluding diaryl/α,β-unsaturated/α-hetero) is 1. The highest BCUT2D eigenvalue weighted by Crippen LogP contribution is 2.52. The Morgan fingerprint density at radius 1 is 1.14 bits per heavy atom. The van der Waals surface area contributed by atoms with Crippen LogP contribution >= 0.6 is 11.3 Å². The molecule has 2 heterocycles. The Labute approximate surface area is 213 Å². The molecule has 2 aromatic rings. The van der Waals surface area contributed by atoms with Crippen LogP contribution in [0.4, 0.5) is 10.7 Å². The molecule has 0 unspecified atom stereocenters. The number of allylic oxidation sites excluding steroid dienone is 3. The Balaban J connectivity index is 1.76. The number of rotatable bonds is 3. The first kappa shape index (κ1) is 23.8. The van der Waals surface area contributed by atoms with Crippen LogP contribution in [-0.2, 0) is 17.6 Å². The van der Waals surface area contributed by atoms with Crippen molar-refractivity contribution in [1.29, 1.82) is 10.5 Å². The molecule has 182 valence electrons. The number of fused-ring (bicyclic) bond motifs is 1. The van der Waals surface area contributed by atoms with Crippen LogP contribution in [0.25, 0.3) is 0 Å². The number of nitriles is 2. The highest BCUT2D eigenvalue weighted by molar-refractivity contribution is 7.16. The maximum Gasteiger partial charge on any atom is 0.269 e. The molecule has 1 aromatic heterocycles. The monoisotopic (exact) mass is 499 g/mol. The topological polar surface area (TPSA) is 137 Å². The van der Waals surface area contributed by atoms with Crippen LogP contribution in [0.3, 0.4) is 0 Å². The van der Waals surface area contributed by atoms with E-state index in [9.17, 15) is 25.4 Å². The van der Waals surface area contributed by atoms with Crippen LogP contribution < -0.4 is 10.6 Å². The molecule has 1 aliphatic heterocycles. The van der Waals surface area contributed by atoms with Gasteiger partial charge >= 0.3 is 0 Å². The predicted molar refractivity (Wildman–Crippen MR) is 136 cm³/mol. The summed E-state index contributed by atoms with van der Waals surface area (Å²) >= 11 is 1.53. The quantitative estimate of drug-likeness (QED) is 0.444. The number of nitrogens with zero attached hydrogens (tertiary/aromatic N) is 4. The number of nitro groups is 1. The van der Waals surface area contributed by atoms with Gasteiger partial charge in [0.05, 0.1) is 28.0 Å². The SMILES string of the molecule is CC1(C)CC(=O)C2=C(C1)N(c1sc3c(c1C#N)CCCC3)C(N)=C(C#N)[C@@H]2c1ccc([N+](=O)[O-])cc1. The largest absolute Gasteiger partial charge is 0.384 e. The summed E-state index contributed by atoms with van der Waals surface area (Å²) in [5.41, 5.74) is 9.97. The van der Waals surface area contributed by atoms with Crippen LogP contribution in [-0.4, -0.2) is 10.7 Å². The van der Waals surface area contributed by atoms with Gasteiger partial charge < -0.3 is 5.73 Å². The van der Waals surface area contributed by atoms with Crippen LogP contribution in [0.15, 0.2) is 46.9 Å². The van der Waals surface area contributed by atoms with Crippen LogP contribution in [0.2, 0.25) is 0 Å². The lowest BCUT2D eigenvalue weighted by Gasteiger charge is -2.43. The van der Waals surface area contributed by atoms with Gasteiger partial charge in [-0.1, -0.05) is 26.0 Å². The van der Waals surface area contributed by atoms with Crippen molar-refractivity contribution in [3.05, 3.63) is 78.6 Å². The number of carbonyl (C=O) groups is 1. The minimum Gasteiger partial charge on any atom is -0.384 e. The van der Waals surface area contributed by atoms with Crippen molar-refractivity contribution in [3.63, 3.8) is 0 Å². The third-order valence-corrected chi connectivity index (χ3v) is 8.56. The van der Waals surface area contributed by atoms with E-state index in [-0.39, 0.29) is 28.3 Å². The van der Waals surface area contributed by atoms with E-state index in [2.05, 4.69) is 12.1 Å². The number of hydrogen-bond donors (Lipinski definition) is 1. The standard InChI is InChI=1S/C27H25N5O3S/c1-27(2)11-20-24(21(33)12-27)23(15-7-9-16(10-8-15)32(34)35)19(14-29)25(30)31(20)26-18(13-28)17-5-3-4-6-22(17)36-26/h7-10,23H,3-6,11-12,30H2,1-2H3/t23-/m0/s1. The van der Waals surface area contributed by atoms with Gasteiger partial charge in [-0.3, -0.25) is 19.8 Å². The first-order valence-electron chi connectivity index (χ1n) is 11.9. The first-order chi connectivity index (χ1) is 17.2. The van der Waals surface area contributed by atoms with Gasteiger partial charge in [0.1, 0.15) is 16.9 Å². The predicted octanol–water partition coefficient (Wildman–Crippen LogP) is 5.35. The molecule has 36 heavy (non-hydrogen) atoms. The van der Waals surface area contributed by atoms with E-state index in [1.54, 1.807) is 17.0 Å². The van der Waals surface area contributed by atoms with Gasteiger partial charge in [-0.2, -0.15) is 10.5 Å². The second-order valence-electron chi connectivity index (χ2n) is 10.3. The van der Waals surface area contributed by atoms with E-state index in [0.29, 0.717) is 40.2 Å². The summed E-state index contributed by atoms with van der Waals surface area (Å²) in [5, 5.41) is 32.2. The average Bonchev–Trinajstić information content (AvgIpc) is 3.20. The molecule has 8 nitrogen and oxygen atoms in total. The molecule has 3 aliphatic rings. The van der Waals surface area contributed by atoms with Gasteiger partial charge in [0.15, 0.2) is 5.78 Å². The van der Waals surface area contributed by atoms with Gasteiger partial charge in [-0.15, -0.1) is 11.3 Å². The smallest absolute Gasteiger partial charge is 0.269 e. The van der Waals surface area contributed by atoms with Gasteiger partial charge in [-0.25, -0.2) is 0 Å². The summed E-state index contributed by atoms with van der Waals surface area (Å²) in [7, 11) is 0. The molecular weight excluding hydrogens is 474 g/mol. The molecule has 0 spiro atoms. The molecule has 1 atom stereocenters. The first-order valence-corrected chi connectivity index (χ1v) is 12.7. The maximum absolute atomic E-state index is 13.7. The highest BCUT2D eigenvalue weighted by atomic mass is 32.1. The summed E-state index contributed by atoms with van der Waals surface area (Å²) in [6.07, 6.45) is 4.68. The normalized spacial score (nSPS) is 20.9. The third-order valence-electron chi connectivity index (χ3n) is 7.29. The molecule has 0 bridgehead atoms. The number of carbonyl (C=O) groups excluding carboxylic acids is 1. The minimum absolute atomic E-state index is 0.0696. The average molecular weight is 500 g/mol. The molecule has 5 rings (SSSR count). The summed E-state index contributed by atoms with van der Waals surface area (Å²) in [6.45, 7) is 4.05. The zero-order chi connectivity index (χ0) is 25.8. The molecule has 1 aromatic carbocycles. The second-order valence-corrected chi connectivity index (χ2v) is 11.4. The van der Waals surface area contributed by atoms with E-state index >= 15 is 0 Å². The molecule has 0 radical (unpaired) electrons. The lowest BCUT2D eigenvalue weighted by Crippen LogP contribution is -2.42. The van der Waals surface area contributed by atoms with Crippen molar-refractivity contribution in [1.82, 2.24) is 0 Å². The fourth-order valence-corrected chi connectivity index (χ4v) is 7.06. The van der Waals surface area contributed by atoms with Crippen molar-refractivity contribution in [3.8, 4) is 12.1 Å². The van der Waals surface area contributed by atoms with E-state index in [1.807, 2.05) is 13.8 Å². The third kappa shape index (κ3) is 3.68. The Bertz CT molecular complexity index is 1450. The second kappa shape index (κ2) is 8.61. The molecule has 0 saturated carbocycles. The summed E-state index contributed by atoms with van der Waals surface area (Å²) in [5.74, 6) is -0.583. The fraction of sp³-hybridized carbons (Fsp3) is 0.370. The summed E-state index contributed by atoms with van der Waals surface area (Å²) in [6, 6.07) is 10.5. The Kier molecular flexibility index (Phi) is 5.69.